The maximum absolute atomic E-state index is 12.9. The van der Waals surface area contributed by atoms with Crippen molar-refractivity contribution in [3.8, 4) is 0 Å². The molecule has 4 rings (SSSR count). The summed E-state index contributed by atoms with van der Waals surface area (Å²) in [5.74, 6) is 0.232. The molecule has 2 aromatic carbocycles. The number of nitrogens with zero attached hydrogens (tertiary/aromatic N) is 2. The van der Waals surface area contributed by atoms with Gasteiger partial charge in [0.15, 0.2) is 10.9 Å². The standard InChI is InChI=1S/C21H18BrN3O2S/c1-2-9-25-20(27)15-10-13(22)7-8-18(15)24-21(25)28-12-19(26)16-11-23-17-6-4-3-5-14(16)17/h3-8,10-11,23H,2,9,12H2,1H3. The van der Waals surface area contributed by atoms with E-state index >= 15 is 0 Å². The van der Waals surface area contributed by atoms with Crippen LogP contribution in [0.4, 0.5) is 0 Å². The number of ketones is 1. The van der Waals surface area contributed by atoms with Gasteiger partial charge in [0.2, 0.25) is 0 Å². The van der Waals surface area contributed by atoms with E-state index in [4.69, 9.17) is 0 Å². The number of hydrogen-bond acceptors (Lipinski definition) is 4. The van der Waals surface area contributed by atoms with Crippen molar-refractivity contribution >= 4 is 55.3 Å². The second-order valence-corrected chi connectivity index (χ2v) is 8.33. The largest absolute Gasteiger partial charge is 0.360 e. The highest BCUT2D eigenvalue weighted by Gasteiger charge is 2.16. The Morgan fingerprint density at radius 1 is 1.21 bits per heavy atom. The summed E-state index contributed by atoms with van der Waals surface area (Å²) >= 11 is 4.72. The molecule has 28 heavy (non-hydrogen) atoms. The number of rotatable bonds is 6. The average Bonchev–Trinajstić information content (AvgIpc) is 3.13. The van der Waals surface area contributed by atoms with Crippen LogP contribution in [0.1, 0.15) is 23.7 Å². The van der Waals surface area contributed by atoms with Crippen LogP contribution in [-0.4, -0.2) is 26.1 Å². The van der Waals surface area contributed by atoms with Crippen molar-refractivity contribution in [3.63, 3.8) is 0 Å². The Morgan fingerprint density at radius 2 is 2.04 bits per heavy atom. The summed E-state index contributed by atoms with van der Waals surface area (Å²) in [6.07, 6.45) is 2.56. The Bertz CT molecular complexity index is 1250. The summed E-state index contributed by atoms with van der Waals surface area (Å²) in [7, 11) is 0. The van der Waals surface area contributed by atoms with E-state index in [1.165, 1.54) is 11.8 Å². The number of benzene rings is 2. The van der Waals surface area contributed by atoms with E-state index in [-0.39, 0.29) is 17.1 Å². The van der Waals surface area contributed by atoms with Crippen molar-refractivity contribution in [2.75, 3.05) is 5.75 Å². The number of halogens is 1. The first-order chi connectivity index (χ1) is 13.6. The van der Waals surface area contributed by atoms with Gasteiger partial charge in [-0.15, -0.1) is 0 Å². The number of Topliss-reactive ketones (excluding diaryl/α,β-unsaturated/α-hetero) is 1. The predicted molar refractivity (Wildman–Crippen MR) is 117 cm³/mol. The van der Waals surface area contributed by atoms with Gasteiger partial charge in [0.1, 0.15) is 0 Å². The van der Waals surface area contributed by atoms with Crippen LogP contribution >= 0.6 is 27.7 Å². The zero-order chi connectivity index (χ0) is 19.7. The maximum atomic E-state index is 12.9. The van der Waals surface area contributed by atoms with Gasteiger partial charge in [0.25, 0.3) is 5.56 Å². The van der Waals surface area contributed by atoms with E-state index in [0.717, 1.165) is 21.8 Å². The van der Waals surface area contributed by atoms with E-state index in [1.807, 2.05) is 43.3 Å². The summed E-state index contributed by atoms with van der Waals surface area (Å²) in [4.78, 5) is 33.5. The molecule has 0 saturated heterocycles. The Morgan fingerprint density at radius 3 is 2.86 bits per heavy atom. The fourth-order valence-corrected chi connectivity index (χ4v) is 4.48. The molecule has 0 fully saturated rings. The third-order valence-electron chi connectivity index (χ3n) is 4.55. The molecule has 0 radical (unpaired) electrons. The van der Waals surface area contributed by atoms with Crippen LogP contribution in [0, 0.1) is 0 Å². The zero-order valence-electron chi connectivity index (χ0n) is 15.2. The average molecular weight is 456 g/mol. The number of nitrogens with one attached hydrogen (secondary N) is 1. The highest BCUT2D eigenvalue weighted by molar-refractivity contribution is 9.10. The van der Waals surface area contributed by atoms with Crippen molar-refractivity contribution in [2.24, 2.45) is 0 Å². The highest BCUT2D eigenvalue weighted by Crippen LogP contribution is 2.24. The topological polar surface area (TPSA) is 67.8 Å². The van der Waals surface area contributed by atoms with Crippen LogP contribution in [-0.2, 0) is 6.54 Å². The van der Waals surface area contributed by atoms with Crippen molar-refractivity contribution < 1.29 is 4.79 Å². The molecule has 0 saturated carbocycles. The number of para-hydroxylation sites is 1. The highest BCUT2D eigenvalue weighted by atomic mass is 79.9. The Labute approximate surface area is 174 Å². The second-order valence-electron chi connectivity index (χ2n) is 6.47. The molecular formula is C21H18BrN3O2S. The third kappa shape index (κ3) is 3.52. The Kier molecular flexibility index (Phi) is 5.37. The van der Waals surface area contributed by atoms with E-state index in [1.54, 1.807) is 16.8 Å². The fraction of sp³-hybridized carbons (Fsp3) is 0.190. The van der Waals surface area contributed by atoms with Gasteiger partial charge in [-0.25, -0.2) is 4.98 Å². The van der Waals surface area contributed by atoms with Gasteiger partial charge in [0.05, 0.1) is 16.7 Å². The number of fused-ring (bicyclic) bond motifs is 2. The number of carbonyl (C=O) groups excluding carboxylic acids is 1. The third-order valence-corrected chi connectivity index (χ3v) is 6.02. The number of H-pyrrole nitrogens is 1. The molecule has 0 amide bonds. The molecule has 0 bridgehead atoms. The summed E-state index contributed by atoms with van der Waals surface area (Å²) in [6.45, 7) is 2.58. The van der Waals surface area contributed by atoms with Crippen LogP contribution in [0.2, 0.25) is 0 Å². The van der Waals surface area contributed by atoms with Gasteiger partial charge >= 0.3 is 0 Å². The molecule has 0 aliphatic rings. The van der Waals surface area contributed by atoms with Crippen LogP contribution in [0.25, 0.3) is 21.8 Å². The number of hydrogen-bond donors (Lipinski definition) is 1. The first kappa shape index (κ1) is 19.0. The molecular weight excluding hydrogens is 438 g/mol. The molecule has 7 heteroatoms. The molecule has 1 N–H and O–H groups in total. The molecule has 5 nitrogen and oxygen atoms in total. The normalized spacial score (nSPS) is 11.4. The van der Waals surface area contributed by atoms with Gasteiger partial charge in [0, 0.05) is 33.7 Å². The van der Waals surface area contributed by atoms with E-state index < -0.39 is 0 Å². The zero-order valence-corrected chi connectivity index (χ0v) is 17.6. The molecule has 0 aliphatic heterocycles. The Balaban J connectivity index is 1.67. The summed E-state index contributed by atoms with van der Waals surface area (Å²) < 4.78 is 2.51. The maximum Gasteiger partial charge on any atom is 0.262 e. The number of aromatic amines is 1. The van der Waals surface area contributed by atoms with Gasteiger partial charge < -0.3 is 4.98 Å². The molecule has 0 aliphatic carbocycles. The number of aromatic nitrogens is 3. The minimum Gasteiger partial charge on any atom is -0.360 e. The molecule has 0 atom stereocenters. The lowest BCUT2D eigenvalue weighted by Gasteiger charge is -2.12. The quantitative estimate of drug-likeness (QED) is 0.251. The van der Waals surface area contributed by atoms with Gasteiger partial charge in [-0.3, -0.25) is 14.2 Å². The lowest BCUT2D eigenvalue weighted by atomic mass is 10.1. The molecule has 0 spiro atoms. The lowest BCUT2D eigenvalue weighted by Crippen LogP contribution is -2.23. The van der Waals surface area contributed by atoms with Crippen molar-refractivity contribution in [3.05, 3.63) is 69.1 Å². The second kappa shape index (κ2) is 7.93. The van der Waals surface area contributed by atoms with Crippen molar-refractivity contribution in [2.45, 2.75) is 25.0 Å². The monoisotopic (exact) mass is 455 g/mol. The molecule has 0 unspecified atom stereocenters. The van der Waals surface area contributed by atoms with Crippen molar-refractivity contribution in [1.82, 2.24) is 14.5 Å². The van der Waals surface area contributed by atoms with Gasteiger partial charge in [-0.05, 0) is 30.7 Å². The number of carbonyl (C=O) groups is 1. The van der Waals surface area contributed by atoms with Crippen LogP contribution < -0.4 is 5.56 Å². The minimum absolute atomic E-state index is 0.00986. The van der Waals surface area contributed by atoms with Crippen LogP contribution in [0.15, 0.2) is 63.1 Å². The summed E-state index contributed by atoms with van der Waals surface area (Å²) in [5, 5.41) is 2.07. The smallest absolute Gasteiger partial charge is 0.262 e. The predicted octanol–water partition coefficient (Wildman–Crippen LogP) is 5.03. The van der Waals surface area contributed by atoms with E-state index in [0.29, 0.717) is 28.2 Å². The van der Waals surface area contributed by atoms with Gasteiger partial charge in [-0.1, -0.05) is 52.8 Å². The van der Waals surface area contributed by atoms with E-state index in [2.05, 4.69) is 25.9 Å². The fourth-order valence-electron chi connectivity index (χ4n) is 3.21. The molecule has 2 heterocycles. The first-order valence-corrected chi connectivity index (χ1v) is 10.8. The molecule has 142 valence electrons. The Hall–Kier alpha value is -2.38. The lowest BCUT2D eigenvalue weighted by molar-refractivity contribution is 0.102. The van der Waals surface area contributed by atoms with Crippen LogP contribution in [0.5, 0.6) is 0 Å². The minimum atomic E-state index is -0.0739. The van der Waals surface area contributed by atoms with Crippen LogP contribution in [0.3, 0.4) is 0 Å². The SMILES string of the molecule is CCCn1c(SCC(=O)c2c[nH]c3ccccc23)nc2ccc(Br)cc2c1=O. The first-order valence-electron chi connectivity index (χ1n) is 9.00. The number of thioether (sulfide) groups is 1. The molecule has 4 aromatic rings. The van der Waals surface area contributed by atoms with Crippen molar-refractivity contribution in [1.29, 1.82) is 0 Å². The summed E-state index contributed by atoms with van der Waals surface area (Å²) in [5.41, 5.74) is 2.17. The summed E-state index contributed by atoms with van der Waals surface area (Å²) in [6, 6.07) is 13.2. The van der Waals surface area contributed by atoms with Gasteiger partial charge in [-0.2, -0.15) is 0 Å². The van der Waals surface area contributed by atoms with E-state index in [9.17, 15) is 9.59 Å². The molecule has 2 aromatic heterocycles.